The fourth-order valence-electron chi connectivity index (χ4n) is 3.15. The van der Waals surface area contributed by atoms with Crippen LogP contribution in [0.15, 0.2) is 59.6 Å². The van der Waals surface area contributed by atoms with Gasteiger partial charge < -0.3 is 4.57 Å². The monoisotopic (exact) mass is 444 g/mol. The molecule has 0 saturated carbocycles. The van der Waals surface area contributed by atoms with Gasteiger partial charge in [0.25, 0.3) is 0 Å². The molecule has 0 aliphatic heterocycles. The van der Waals surface area contributed by atoms with E-state index in [0.29, 0.717) is 16.0 Å². The smallest absolute Gasteiger partial charge is 0.246 e. The lowest BCUT2D eigenvalue weighted by molar-refractivity contribution is -0.116. The number of benzene rings is 2. The molecular weight excluding hydrogens is 427 g/mol. The molecule has 0 fully saturated rings. The van der Waals surface area contributed by atoms with Crippen molar-refractivity contribution in [2.24, 2.45) is 0 Å². The minimum atomic E-state index is -3.85. The maximum atomic E-state index is 14.0. The number of hydrogen-bond acceptors (Lipinski definition) is 6. The molecule has 10 heteroatoms. The van der Waals surface area contributed by atoms with Gasteiger partial charge in [0.2, 0.25) is 11.0 Å². The zero-order valence-corrected chi connectivity index (χ0v) is 17.5. The van der Waals surface area contributed by atoms with Crippen LogP contribution in [0.25, 0.3) is 10.9 Å². The molecule has 0 aliphatic rings. The van der Waals surface area contributed by atoms with Gasteiger partial charge in [-0.3, -0.25) is 10.1 Å². The van der Waals surface area contributed by atoms with Crippen LogP contribution in [-0.2, 0) is 26.9 Å². The average molecular weight is 445 g/mol. The van der Waals surface area contributed by atoms with Gasteiger partial charge in [-0.1, -0.05) is 47.7 Å². The molecule has 4 rings (SSSR count). The van der Waals surface area contributed by atoms with E-state index in [-0.39, 0.29) is 22.9 Å². The molecule has 4 aromatic rings. The van der Waals surface area contributed by atoms with Gasteiger partial charge in [-0.2, -0.15) is 0 Å². The minimum absolute atomic E-state index is 0.0564. The lowest BCUT2D eigenvalue weighted by Crippen LogP contribution is -2.18. The molecule has 0 radical (unpaired) electrons. The third kappa shape index (κ3) is 4.10. The largest absolute Gasteiger partial charge is 0.337 e. The molecule has 30 heavy (non-hydrogen) atoms. The molecule has 1 amide bonds. The van der Waals surface area contributed by atoms with Crippen LogP contribution in [0.2, 0.25) is 0 Å². The number of para-hydroxylation sites is 1. The fraction of sp³-hybridized carbons (Fsp3) is 0.150. The highest BCUT2D eigenvalue weighted by molar-refractivity contribution is 7.90. The summed E-state index contributed by atoms with van der Waals surface area (Å²) in [6.07, 6.45) is 1.42. The first-order valence-electron chi connectivity index (χ1n) is 8.97. The van der Waals surface area contributed by atoms with Crippen molar-refractivity contribution >= 4 is 43.1 Å². The third-order valence-electron chi connectivity index (χ3n) is 4.48. The molecule has 0 saturated heterocycles. The Morgan fingerprint density at radius 2 is 1.87 bits per heavy atom. The van der Waals surface area contributed by atoms with Gasteiger partial charge in [-0.15, -0.1) is 10.2 Å². The van der Waals surface area contributed by atoms with E-state index < -0.39 is 21.4 Å². The maximum Gasteiger partial charge on any atom is 0.246 e. The predicted octanol–water partition coefficient (Wildman–Crippen LogP) is 3.55. The summed E-state index contributed by atoms with van der Waals surface area (Å²) in [6.45, 7) is 1.67. The van der Waals surface area contributed by atoms with Crippen LogP contribution in [0.1, 0.15) is 10.6 Å². The van der Waals surface area contributed by atoms with E-state index in [2.05, 4.69) is 15.5 Å². The number of rotatable bonds is 6. The molecule has 7 nitrogen and oxygen atoms in total. The summed E-state index contributed by atoms with van der Waals surface area (Å²) in [5.74, 6) is -1.40. The summed E-state index contributed by atoms with van der Waals surface area (Å²) in [5, 5.41) is 11.9. The highest BCUT2D eigenvalue weighted by Crippen LogP contribution is 2.28. The second kappa shape index (κ2) is 7.96. The second-order valence-corrected chi connectivity index (χ2v) is 9.80. The number of aromatic nitrogens is 3. The Balaban J connectivity index is 1.66. The van der Waals surface area contributed by atoms with Crippen molar-refractivity contribution in [1.82, 2.24) is 14.8 Å². The third-order valence-corrected chi connectivity index (χ3v) is 6.92. The number of carbonyl (C=O) groups is 1. The number of nitrogens with one attached hydrogen (secondary N) is 1. The van der Waals surface area contributed by atoms with Crippen molar-refractivity contribution in [1.29, 1.82) is 0 Å². The first-order chi connectivity index (χ1) is 14.3. The van der Waals surface area contributed by atoms with Crippen LogP contribution in [0.5, 0.6) is 0 Å². The molecule has 2 heterocycles. The summed E-state index contributed by atoms with van der Waals surface area (Å²) >= 11 is 1.25. The van der Waals surface area contributed by atoms with Crippen LogP contribution in [0.4, 0.5) is 9.52 Å². The molecule has 0 atom stereocenters. The van der Waals surface area contributed by atoms with Gasteiger partial charge in [-0.25, -0.2) is 12.8 Å². The van der Waals surface area contributed by atoms with Crippen LogP contribution < -0.4 is 5.32 Å². The number of anilines is 1. The highest BCUT2D eigenvalue weighted by atomic mass is 32.2. The van der Waals surface area contributed by atoms with Crippen molar-refractivity contribution in [2.75, 3.05) is 5.32 Å². The van der Waals surface area contributed by atoms with Crippen LogP contribution in [0.3, 0.4) is 0 Å². The summed E-state index contributed by atoms with van der Waals surface area (Å²) in [7, 11) is -3.85. The highest BCUT2D eigenvalue weighted by Gasteiger charge is 2.23. The molecular formula is C20H17FN4O3S2. The number of fused-ring (bicyclic) bond motifs is 1. The molecule has 0 aliphatic carbocycles. The number of nitrogens with zero attached hydrogens (tertiary/aromatic N) is 3. The number of hydrogen-bond donors (Lipinski definition) is 1. The van der Waals surface area contributed by atoms with E-state index in [1.165, 1.54) is 35.7 Å². The van der Waals surface area contributed by atoms with Gasteiger partial charge in [-0.05, 0) is 19.1 Å². The normalized spacial score (nSPS) is 11.7. The summed E-state index contributed by atoms with van der Waals surface area (Å²) in [5.41, 5.74) is 0.687. The van der Waals surface area contributed by atoms with E-state index in [0.717, 1.165) is 5.01 Å². The molecule has 154 valence electrons. The SMILES string of the molecule is Cc1nnc(NC(=O)Cn2cc(S(=O)(=O)Cc3ccccc3F)c3ccccc32)s1. The number of amides is 1. The Morgan fingerprint density at radius 1 is 1.13 bits per heavy atom. The first kappa shape index (κ1) is 20.2. The van der Waals surface area contributed by atoms with E-state index in [1.807, 2.05) is 0 Å². The van der Waals surface area contributed by atoms with Gasteiger partial charge in [0.05, 0.1) is 10.6 Å². The van der Waals surface area contributed by atoms with Crippen LogP contribution >= 0.6 is 11.3 Å². The van der Waals surface area contributed by atoms with Gasteiger partial charge in [0.1, 0.15) is 17.4 Å². The summed E-state index contributed by atoms with van der Waals surface area (Å²) < 4.78 is 41.7. The second-order valence-electron chi connectivity index (χ2n) is 6.66. The summed E-state index contributed by atoms with van der Waals surface area (Å²) in [4.78, 5) is 12.5. The lowest BCUT2D eigenvalue weighted by Gasteiger charge is -2.05. The van der Waals surface area contributed by atoms with Crippen LogP contribution in [-0.4, -0.2) is 29.1 Å². The van der Waals surface area contributed by atoms with Crippen molar-refractivity contribution in [2.45, 2.75) is 24.1 Å². The van der Waals surface area contributed by atoms with Gasteiger partial charge >= 0.3 is 0 Å². The average Bonchev–Trinajstić information content (AvgIpc) is 3.27. The number of halogens is 1. The molecule has 2 aromatic heterocycles. The zero-order chi connectivity index (χ0) is 21.3. The van der Waals surface area contributed by atoms with Crippen LogP contribution in [0, 0.1) is 12.7 Å². The Kier molecular flexibility index (Phi) is 5.35. The quantitative estimate of drug-likeness (QED) is 0.491. The van der Waals surface area contributed by atoms with Crippen molar-refractivity contribution in [3.05, 3.63) is 71.1 Å². The number of carbonyl (C=O) groups excluding carboxylic acids is 1. The Hall–Kier alpha value is -3.11. The van der Waals surface area contributed by atoms with Gasteiger partial charge in [0, 0.05) is 22.7 Å². The number of aryl methyl sites for hydroxylation is 1. The molecule has 2 aromatic carbocycles. The maximum absolute atomic E-state index is 14.0. The van der Waals surface area contributed by atoms with E-state index in [9.17, 15) is 17.6 Å². The molecule has 1 N–H and O–H groups in total. The predicted molar refractivity (Wildman–Crippen MR) is 113 cm³/mol. The standard InChI is InChI=1S/C20H17FN4O3S2/c1-13-23-24-20(29-13)22-19(26)11-25-10-18(15-7-3-5-9-17(15)25)30(27,28)12-14-6-2-4-8-16(14)21/h2-10H,11-12H2,1H3,(H,22,24,26). The Morgan fingerprint density at radius 3 is 2.60 bits per heavy atom. The summed E-state index contributed by atoms with van der Waals surface area (Å²) in [6, 6.07) is 12.7. The number of sulfone groups is 1. The van der Waals surface area contributed by atoms with Crippen molar-refractivity contribution in [3.63, 3.8) is 0 Å². The van der Waals surface area contributed by atoms with Crippen molar-refractivity contribution < 1.29 is 17.6 Å². The van der Waals surface area contributed by atoms with Gasteiger partial charge in [0.15, 0.2) is 9.84 Å². The molecule has 0 spiro atoms. The topological polar surface area (TPSA) is 93.9 Å². The van der Waals surface area contributed by atoms with E-state index in [1.54, 1.807) is 41.8 Å². The zero-order valence-electron chi connectivity index (χ0n) is 15.9. The Labute approximate surface area is 176 Å². The first-order valence-corrected chi connectivity index (χ1v) is 11.4. The minimum Gasteiger partial charge on any atom is -0.337 e. The fourth-order valence-corrected chi connectivity index (χ4v) is 5.35. The molecule has 0 bridgehead atoms. The van der Waals surface area contributed by atoms with E-state index in [4.69, 9.17) is 0 Å². The van der Waals surface area contributed by atoms with Crippen molar-refractivity contribution in [3.8, 4) is 0 Å². The van der Waals surface area contributed by atoms with E-state index >= 15 is 0 Å². The molecule has 0 unspecified atom stereocenters. The lowest BCUT2D eigenvalue weighted by atomic mass is 10.2. The Bertz CT molecular complexity index is 1350.